The van der Waals surface area contributed by atoms with Crippen LogP contribution in [0, 0.1) is 0 Å². The molecule has 0 aromatic heterocycles. The maximum Gasteiger partial charge on any atom is 0.337 e. The number of likely N-dealkylation sites (N-methyl/N-ethyl adjacent to an activating group) is 1. The van der Waals surface area contributed by atoms with Gasteiger partial charge in [-0.15, -0.1) is 0 Å². The van der Waals surface area contributed by atoms with E-state index >= 15 is 0 Å². The summed E-state index contributed by atoms with van der Waals surface area (Å²) in [5, 5.41) is 0. The van der Waals surface area contributed by atoms with Crippen molar-refractivity contribution >= 4 is 17.7 Å². The zero-order chi connectivity index (χ0) is 21.5. The number of piperazine rings is 1. The van der Waals surface area contributed by atoms with Gasteiger partial charge >= 0.3 is 12.0 Å². The molecule has 2 aromatic carbocycles. The van der Waals surface area contributed by atoms with Gasteiger partial charge in [-0.2, -0.15) is 0 Å². The Morgan fingerprint density at radius 3 is 2.30 bits per heavy atom. The molecule has 1 aliphatic heterocycles. The smallest absolute Gasteiger partial charge is 0.337 e. The summed E-state index contributed by atoms with van der Waals surface area (Å²) >= 11 is 0. The number of hydrogen-bond donors (Lipinski definition) is 0. The Kier molecular flexibility index (Phi) is 7.30. The second kappa shape index (κ2) is 10.1. The van der Waals surface area contributed by atoms with E-state index in [4.69, 9.17) is 9.47 Å². The van der Waals surface area contributed by atoms with Crippen LogP contribution in [0.15, 0.2) is 48.5 Å². The van der Waals surface area contributed by atoms with Crippen LogP contribution >= 0.6 is 0 Å². The highest BCUT2D eigenvalue weighted by molar-refractivity contribution is 5.92. The molecule has 0 radical (unpaired) electrons. The van der Waals surface area contributed by atoms with Gasteiger partial charge < -0.3 is 19.3 Å². The summed E-state index contributed by atoms with van der Waals surface area (Å²) in [5.74, 6) is 0.318. The first-order chi connectivity index (χ1) is 14.5. The number of rotatable bonds is 6. The number of nitrogens with zero attached hydrogens (tertiary/aromatic N) is 3. The first kappa shape index (κ1) is 21.6. The molecule has 0 N–H and O–H groups in total. The minimum Gasteiger partial charge on any atom is -0.497 e. The Labute approximate surface area is 177 Å². The third-order valence-electron chi connectivity index (χ3n) is 5.40. The van der Waals surface area contributed by atoms with Crippen molar-refractivity contribution in [2.24, 2.45) is 0 Å². The maximum absolute atomic E-state index is 13.4. The number of hydrogen-bond acceptors (Lipinski definition) is 5. The van der Waals surface area contributed by atoms with Gasteiger partial charge in [0.15, 0.2) is 0 Å². The SMILES string of the molecule is CCN1CCN(C(=O)N(Cc2ccc(C(=O)OC)cc2)c2cccc(OC)c2)CC1. The predicted octanol–water partition coefficient (Wildman–Crippen LogP) is 3.25. The number of urea groups is 1. The van der Waals surface area contributed by atoms with E-state index in [0.29, 0.717) is 30.9 Å². The molecule has 7 heteroatoms. The third-order valence-corrected chi connectivity index (χ3v) is 5.40. The van der Waals surface area contributed by atoms with E-state index in [1.807, 2.05) is 41.3 Å². The van der Waals surface area contributed by atoms with Crippen LogP contribution in [0.2, 0.25) is 0 Å². The van der Waals surface area contributed by atoms with Gasteiger partial charge in [-0.05, 0) is 36.4 Å². The molecule has 1 saturated heterocycles. The van der Waals surface area contributed by atoms with Crippen LogP contribution < -0.4 is 9.64 Å². The number of amides is 2. The molecular weight excluding hydrogens is 382 g/mol. The highest BCUT2D eigenvalue weighted by Gasteiger charge is 2.26. The van der Waals surface area contributed by atoms with Crippen molar-refractivity contribution in [3.8, 4) is 5.75 Å². The molecule has 2 amide bonds. The van der Waals surface area contributed by atoms with Gasteiger partial charge in [-0.25, -0.2) is 9.59 Å². The number of carbonyl (C=O) groups excluding carboxylic acids is 2. The number of ether oxygens (including phenoxy) is 2. The summed E-state index contributed by atoms with van der Waals surface area (Å²) < 4.78 is 10.1. The lowest BCUT2D eigenvalue weighted by Crippen LogP contribution is -2.52. The molecule has 0 saturated carbocycles. The molecule has 2 aromatic rings. The van der Waals surface area contributed by atoms with Crippen molar-refractivity contribution in [3.63, 3.8) is 0 Å². The van der Waals surface area contributed by atoms with E-state index in [-0.39, 0.29) is 12.0 Å². The molecule has 7 nitrogen and oxygen atoms in total. The van der Waals surface area contributed by atoms with Gasteiger partial charge in [0.05, 0.1) is 26.3 Å². The highest BCUT2D eigenvalue weighted by atomic mass is 16.5. The summed E-state index contributed by atoms with van der Waals surface area (Å²) in [4.78, 5) is 31.1. The lowest BCUT2D eigenvalue weighted by atomic mass is 10.1. The lowest BCUT2D eigenvalue weighted by Gasteiger charge is -2.37. The van der Waals surface area contributed by atoms with Gasteiger partial charge in [-0.3, -0.25) is 4.90 Å². The van der Waals surface area contributed by atoms with Crippen molar-refractivity contribution in [2.45, 2.75) is 13.5 Å². The number of carbonyl (C=O) groups is 2. The van der Waals surface area contributed by atoms with Crippen molar-refractivity contribution in [3.05, 3.63) is 59.7 Å². The fourth-order valence-electron chi connectivity index (χ4n) is 3.52. The highest BCUT2D eigenvalue weighted by Crippen LogP contribution is 2.25. The summed E-state index contributed by atoms with van der Waals surface area (Å²) in [6.07, 6.45) is 0. The molecule has 1 aliphatic rings. The van der Waals surface area contributed by atoms with Crippen LogP contribution in [0.1, 0.15) is 22.8 Å². The molecule has 0 unspecified atom stereocenters. The van der Waals surface area contributed by atoms with E-state index in [1.165, 1.54) is 7.11 Å². The molecule has 0 bridgehead atoms. The second-order valence-electron chi connectivity index (χ2n) is 7.18. The third kappa shape index (κ3) is 5.10. The summed E-state index contributed by atoms with van der Waals surface area (Å²) in [6.45, 7) is 6.68. The largest absolute Gasteiger partial charge is 0.497 e. The Balaban J connectivity index is 1.84. The van der Waals surface area contributed by atoms with Gasteiger partial charge in [0.25, 0.3) is 0 Å². The fourth-order valence-corrected chi connectivity index (χ4v) is 3.52. The zero-order valence-electron chi connectivity index (χ0n) is 17.8. The topological polar surface area (TPSA) is 62.3 Å². The molecule has 160 valence electrons. The minimum atomic E-state index is -0.379. The van der Waals surface area contributed by atoms with E-state index < -0.39 is 0 Å². The lowest BCUT2D eigenvalue weighted by molar-refractivity contribution is 0.0600. The van der Waals surface area contributed by atoms with Gasteiger partial charge in [0.2, 0.25) is 0 Å². The Morgan fingerprint density at radius 1 is 1.00 bits per heavy atom. The van der Waals surface area contributed by atoms with E-state index in [2.05, 4.69) is 11.8 Å². The zero-order valence-corrected chi connectivity index (χ0v) is 17.8. The van der Waals surface area contributed by atoms with Crippen LogP contribution in [0.25, 0.3) is 0 Å². The number of esters is 1. The van der Waals surface area contributed by atoms with E-state index in [0.717, 1.165) is 30.9 Å². The molecular formula is C23H29N3O4. The Morgan fingerprint density at radius 2 is 1.70 bits per heavy atom. The van der Waals surface area contributed by atoms with E-state index in [9.17, 15) is 9.59 Å². The van der Waals surface area contributed by atoms with Gasteiger partial charge in [-0.1, -0.05) is 25.1 Å². The normalized spacial score (nSPS) is 14.3. The van der Waals surface area contributed by atoms with Crippen LogP contribution in [-0.2, 0) is 11.3 Å². The quantitative estimate of drug-likeness (QED) is 0.683. The second-order valence-corrected chi connectivity index (χ2v) is 7.18. The Bertz CT molecular complexity index is 861. The van der Waals surface area contributed by atoms with Crippen LogP contribution in [-0.4, -0.2) is 68.7 Å². The molecule has 0 atom stereocenters. The fraction of sp³-hybridized carbons (Fsp3) is 0.391. The van der Waals surface area contributed by atoms with Crippen molar-refractivity contribution < 1.29 is 19.1 Å². The molecule has 0 aliphatic carbocycles. The van der Waals surface area contributed by atoms with Gasteiger partial charge in [0, 0.05) is 37.9 Å². The molecule has 30 heavy (non-hydrogen) atoms. The van der Waals surface area contributed by atoms with Gasteiger partial charge in [0.1, 0.15) is 5.75 Å². The molecule has 1 heterocycles. The summed E-state index contributed by atoms with van der Waals surface area (Å²) in [6, 6.07) is 14.6. The summed E-state index contributed by atoms with van der Waals surface area (Å²) in [5.41, 5.74) is 2.18. The molecule has 0 spiro atoms. The van der Waals surface area contributed by atoms with Crippen LogP contribution in [0.4, 0.5) is 10.5 Å². The minimum absolute atomic E-state index is 0.0314. The Hall–Kier alpha value is -3.06. The van der Waals surface area contributed by atoms with Crippen molar-refractivity contribution in [1.82, 2.24) is 9.80 Å². The molecule has 1 fully saturated rings. The molecule has 3 rings (SSSR count). The standard InChI is InChI=1S/C23H29N3O4/c1-4-24-12-14-25(15-13-24)23(28)26(20-6-5-7-21(16-20)29-2)17-18-8-10-19(11-9-18)22(27)30-3/h5-11,16H,4,12-15,17H2,1-3H3. The monoisotopic (exact) mass is 411 g/mol. The number of anilines is 1. The number of methoxy groups -OCH3 is 2. The predicted molar refractivity (Wildman–Crippen MR) is 116 cm³/mol. The average Bonchev–Trinajstić information content (AvgIpc) is 2.82. The first-order valence-corrected chi connectivity index (χ1v) is 10.2. The van der Waals surface area contributed by atoms with Crippen LogP contribution in [0.3, 0.4) is 0 Å². The average molecular weight is 412 g/mol. The van der Waals surface area contributed by atoms with E-state index in [1.54, 1.807) is 24.1 Å². The first-order valence-electron chi connectivity index (χ1n) is 10.2. The van der Waals surface area contributed by atoms with Crippen molar-refractivity contribution in [1.29, 1.82) is 0 Å². The van der Waals surface area contributed by atoms with Crippen molar-refractivity contribution in [2.75, 3.05) is 51.8 Å². The maximum atomic E-state index is 13.4. The summed E-state index contributed by atoms with van der Waals surface area (Å²) in [7, 11) is 2.97. The van der Waals surface area contributed by atoms with Crippen LogP contribution in [0.5, 0.6) is 5.75 Å². The number of benzene rings is 2.